The Morgan fingerprint density at radius 1 is 1.21 bits per heavy atom. The molecule has 0 aromatic rings. The second kappa shape index (κ2) is 6.41. The molecule has 0 aliphatic heterocycles. The molecular weight excluding hydrogens is 172 g/mol. The maximum Gasteiger partial charge on any atom is 0.0136 e. The molecule has 0 saturated heterocycles. The average molecular weight is 198 g/mol. The van der Waals surface area contributed by atoms with E-state index >= 15 is 0 Å². The molecule has 0 heterocycles. The van der Waals surface area contributed by atoms with Gasteiger partial charge in [0.1, 0.15) is 0 Å². The van der Waals surface area contributed by atoms with Gasteiger partial charge in [-0.05, 0) is 51.4 Å². The van der Waals surface area contributed by atoms with E-state index in [0.717, 1.165) is 18.5 Å². The number of nitrogens with zero attached hydrogens (tertiary/aromatic N) is 1. The number of rotatable bonds is 7. The minimum Gasteiger partial charge on any atom is -0.317 e. The summed E-state index contributed by atoms with van der Waals surface area (Å²) in [4.78, 5) is 2.66. The third-order valence-corrected chi connectivity index (χ3v) is 3.42. The maximum absolute atomic E-state index is 3.47. The van der Waals surface area contributed by atoms with Gasteiger partial charge in [0.05, 0.1) is 0 Å². The largest absolute Gasteiger partial charge is 0.317 e. The van der Waals surface area contributed by atoms with E-state index in [-0.39, 0.29) is 0 Å². The topological polar surface area (TPSA) is 15.3 Å². The minimum absolute atomic E-state index is 0.874. The van der Waals surface area contributed by atoms with E-state index in [4.69, 9.17) is 0 Å². The predicted octanol–water partition coefficient (Wildman–Crippen LogP) is 2.11. The smallest absolute Gasteiger partial charge is 0.0136 e. The average Bonchev–Trinajstić information content (AvgIpc) is 2.16. The molecule has 0 amide bonds. The molecule has 2 unspecified atom stereocenters. The van der Waals surface area contributed by atoms with Gasteiger partial charge < -0.3 is 10.2 Å². The Kier molecular flexibility index (Phi) is 5.49. The van der Waals surface area contributed by atoms with Crippen molar-refractivity contribution in [2.45, 2.75) is 46.1 Å². The first-order chi connectivity index (χ1) is 6.83. The van der Waals surface area contributed by atoms with Gasteiger partial charge in [-0.1, -0.05) is 20.8 Å². The molecule has 1 N–H and O–H groups in total. The zero-order valence-electron chi connectivity index (χ0n) is 10.1. The van der Waals surface area contributed by atoms with E-state index < -0.39 is 0 Å². The fourth-order valence-corrected chi connectivity index (χ4v) is 2.45. The molecule has 1 aliphatic rings. The fraction of sp³-hybridized carbons (Fsp3) is 1.00. The Bertz CT molecular complexity index is 147. The second-order valence-corrected chi connectivity index (χ2v) is 4.34. The molecule has 14 heavy (non-hydrogen) atoms. The van der Waals surface area contributed by atoms with Gasteiger partial charge in [0.2, 0.25) is 0 Å². The molecule has 1 rings (SSSR count). The monoisotopic (exact) mass is 198 g/mol. The van der Waals surface area contributed by atoms with E-state index in [0.29, 0.717) is 0 Å². The molecule has 1 aliphatic carbocycles. The van der Waals surface area contributed by atoms with Crippen molar-refractivity contribution < 1.29 is 0 Å². The molecule has 1 fully saturated rings. The van der Waals surface area contributed by atoms with Crippen LogP contribution < -0.4 is 5.32 Å². The summed E-state index contributed by atoms with van der Waals surface area (Å²) in [5, 5.41) is 3.47. The van der Waals surface area contributed by atoms with Gasteiger partial charge >= 0.3 is 0 Å². The van der Waals surface area contributed by atoms with Crippen LogP contribution in [0.15, 0.2) is 0 Å². The molecule has 2 nitrogen and oxygen atoms in total. The molecule has 1 saturated carbocycles. The lowest BCUT2D eigenvalue weighted by atomic mass is 9.78. The molecule has 0 aromatic heterocycles. The Morgan fingerprint density at radius 2 is 2.00 bits per heavy atom. The zero-order chi connectivity index (χ0) is 10.4. The van der Waals surface area contributed by atoms with E-state index in [1.807, 2.05) is 0 Å². The lowest BCUT2D eigenvalue weighted by Crippen LogP contribution is -2.50. The van der Waals surface area contributed by atoms with Gasteiger partial charge in [-0.15, -0.1) is 0 Å². The van der Waals surface area contributed by atoms with Crippen molar-refractivity contribution in [1.29, 1.82) is 0 Å². The van der Waals surface area contributed by atoms with E-state index in [9.17, 15) is 0 Å². The number of hydrogen-bond donors (Lipinski definition) is 1. The van der Waals surface area contributed by atoms with Crippen molar-refractivity contribution in [3.63, 3.8) is 0 Å². The van der Waals surface area contributed by atoms with Crippen LogP contribution in [0.1, 0.15) is 40.0 Å². The van der Waals surface area contributed by atoms with E-state index in [1.54, 1.807) is 0 Å². The first-order valence-electron chi connectivity index (χ1n) is 6.28. The van der Waals surface area contributed by atoms with Crippen LogP contribution in [-0.4, -0.2) is 37.1 Å². The molecule has 0 bridgehead atoms. The Morgan fingerprint density at radius 3 is 2.43 bits per heavy atom. The summed E-state index contributed by atoms with van der Waals surface area (Å²) in [6, 6.07) is 0.874. The lowest BCUT2D eigenvalue weighted by Gasteiger charge is -2.44. The highest BCUT2D eigenvalue weighted by atomic mass is 15.2. The quantitative estimate of drug-likeness (QED) is 0.674. The molecule has 2 heteroatoms. The summed E-state index contributed by atoms with van der Waals surface area (Å²) in [7, 11) is 0. The van der Waals surface area contributed by atoms with Gasteiger partial charge in [0.15, 0.2) is 0 Å². The number of hydrogen-bond acceptors (Lipinski definition) is 2. The van der Waals surface area contributed by atoms with Crippen molar-refractivity contribution in [1.82, 2.24) is 10.2 Å². The lowest BCUT2D eigenvalue weighted by molar-refractivity contribution is 0.0664. The van der Waals surface area contributed by atoms with Crippen molar-refractivity contribution in [2.24, 2.45) is 5.92 Å². The maximum atomic E-state index is 3.47. The SMILES string of the molecule is CCCN(CC)C1CCC1CNCC. The Balaban J connectivity index is 2.27. The highest BCUT2D eigenvalue weighted by Gasteiger charge is 2.33. The van der Waals surface area contributed by atoms with Crippen LogP contribution in [0.5, 0.6) is 0 Å². The van der Waals surface area contributed by atoms with Gasteiger partial charge in [-0.3, -0.25) is 0 Å². The second-order valence-electron chi connectivity index (χ2n) is 4.34. The number of nitrogens with one attached hydrogen (secondary N) is 1. The van der Waals surface area contributed by atoms with Crippen molar-refractivity contribution >= 4 is 0 Å². The highest BCUT2D eigenvalue weighted by Crippen LogP contribution is 2.31. The normalized spacial score (nSPS) is 26.6. The summed E-state index contributed by atoms with van der Waals surface area (Å²) in [5.41, 5.74) is 0. The van der Waals surface area contributed by atoms with E-state index in [2.05, 4.69) is 31.0 Å². The molecule has 0 spiro atoms. The van der Waals surface area contributed by atoms with E-state index in [1.165, 1.54) is 38.9 Å². The molecule has 84 valence electrons. The Hall–Kier alpha value is -0.0800. The van der Waals surface area contributed by atoms with Gasteiger partial charge in [0, 0.05) is 6.04 Å². The first-order valence-corrected chi connectivity index (χ1v) is 6.28. The van der Waals surface area contributed by atoms with Crippen LogP contribution in [0.4, 0.5) is 0 Å². The van der Waals surface area contributed by atoms with Gasteiger partial charge in [-0.2, -0.15) is 0 Å². The summed E-state index contributed by atoms with van der Waals surface area (Å²) >= 11 is 0. The van der Waals surface area contributed by atoms with Crippen molar-refractivity contribution in [2.75, 3.05) is 26.2 Å². The van der Waals surface area contributed by atoms with Crippen LogP contribution in [0.25, 0.3) is 0 Å². The van der Waals surface area contributed by atoms with Gasteiger partial charge in [-0.25, -0.2) is 0 Å². The third kappa shape index (κ3) is 2.96. The minimum atomic E-state index is 0.874. The van der Waals surface area contributed by atoms with Crippen LogP contribution in [-0.2, 0) is 0 Å². The molecule has 0 radical (unpaired) electrons. The van der Waals surface area contributed by atoms with Gasteiger partial charge in [0.25, 0.3) is 0 Å². The molecule has 0 aromatic carbocycles. The van der Waals surface area contributed by atoms with Crippen LogP contribution in [0.3, 0.4) is 0 Å². The Labute approximate surface area is 89.1 Å². The summed E-state index contributed by atoms with van der Waals surface area (Å²) in [6.45, 7) is 11.6. The fourth-order valence-electron chi connectivity index (χ4n) is 2.45. The highest BCUT2D eigenvalue weighted by molar-refractivity contribution is 4.89. The predicted molar refractivity (Wildman–Crippen MR) is 62.6 cm³/mol. The third-order valence-electron chi connectivity index (χ3n) is 3.42. The first kappa shape index (κ1) is 12.0. The van der Waals surface area contributed by atoms with Crippen LogP contribution in [0, 0.1) is 5.92 Å². The van der Waals surface area contributed by atoms with Crippen molar-refractivity contribution in [3.05, 3.63) is 0 Å². The molecule has 2 atom stereocenters. The zero-order valence-corrected chi connectivity index (χ0v) is 10.1. The standard InChI is InChI=1S/C12H26N2/c1-4-9-14(6-3)12-8-7-11(12)10-13-5-2/h11-13H,4-10H2,1-3H3. The van der Waals surface area contributed by atoms with Crippen LogP contribution >= 0.6 is 0 Å². The summed E-state index contributed by atoms with van der Waals surface area (Å²) < 4.78 is 0. The van der Waals surface area contributed by atoms with Crippen LogP contribution in [0.2, 0.25) is 0 Å². The summed E-state index contributed by atoms with van der Waals surface area (Å²) in [5.74, 6) is 0.918. The van der Waals surface area contributed by atoms with Crippen molar-refractivity contribution in [3.8, 4) is 0 Å². The molecular formula is C12H26N2. The summed E-state index contributed by atoms with van der Waals surface area (Å²) in [6.07, 6.45) is 4.14.